The van der Waals surface area contributed by atoms with Gasteiger partial charge in [-0.15, -0.1) is 0 Å². The van der Waals surface area contributed by atoms with Crippen LogP contribution in [0.4, 0.5) is 4.79 Å². The highest BCUT2D eigenvalue weighted by Gasteiger charge is 1.95. The van der Waals surface area contributed by atoms with E-state index in [1.807, 2.05) is 19.1 Å². The maximum absolute atomic E-state index is 10.1. The summed E-state index contributed by atoms with van der Waals surface area (Å²) in [6.45, 7) is 2.19. The number of aryl methyl sites for hydroxylation is 1. The summed E-state index contributed by atoms with van der Waals surface area (Å²) in [5.74, 6) is 0. The highest BCUT2D eigenvalue weighted by Crippen LogP contribution is 1.97. The molecule has 64 valence electrons. The van der Waals surface area contributed by atoms with Crippen molar-refractivity contribution < 1.29 is 9.90 Å². The molecule has 0 aliphatic heterocycles. The molecule has 4 nitrogen and oxygen atoms in total. The van der Waals surface area contributed by atoms with Crippen LogP contribution in [0.1, 0.15) is 11.3 Å². The van der Waals surface area contributed by atoms with Crippen LogP contribution in [-0.2, 0) is 6.54 Å². The molecular weight excluding hydrogens is 156 g/mol. The van der Waals surface area contributed by atoms with Crippen molar-refractivity contribution >= 4 is 6.09 Å². The Labute approximate surface area is 70.3 Å². The molecule has 0 spiro atoms. The van der Waals surface area contributed by atoms with Gasteiger partial charge in [0, 0.05) is 18.4 Å². The molecule has 1 aromatic rings. The fourth-order valence-electron chi connectivity index (χ4n) is 0.781. The Bertz CT molecular complexity index is 269. The van der Waals surface area contributed by atoms with Crippen molar-refractivity contribution in [3.63, 3.8) is 0 Å². The van der Waals surface area contributed by atoms with Gasteiger partial charge in [0.05, 0.1) is 0 Å². The van der Waals surface area contributed by atoms with E-state index < -0.39 is 6.09 Å². The molecule has 0 fully saturated rings. The average Bonchev–Trinajstić information content (AvgIpc) is 2.03. The first-order chi connectivity index (χ1) is 5.68. The van der Waals surface area contributed by atoms with Gasteiger partial charge in [0.25, 0.3) is 0 Å². The summed E-state index contributed by atoms with van der Waals surface area (Å²) in [6.07, 6.45) is 0.640. The molecule has 0 saturated heterocycles. The fourth-order valence-corrected chi connectivity index (χ4v) is 0.781. The number of carboxylic acid groups (broad SMARTS) is 1. The van der Waals surface area contributed by atoms with Crippen LogP contribution in [0.2, 0.25) is 0 Å². The number of carbonyl (C=O) groups is 1. The van der Waals surface area contributed by atoms with E-state index in [0.717, 1.165) is 11.3 Å². The minimum absolute atomic E-state index is 0.308. The first kappa shape index (κ1) is 8.52. The summed E-state index contributed by atoms with van der Waals surface area (Å²) in [4.78, 5) is 14.1. The van der Waals surface area contributed by atoms with Gasteiger partial charge in [-0.25, -0.2) is 4.79 Å². The molecule has 12 heavy (non-hydrogen) atoms. The van der Waals surface area contributed by atoms with E-state index in [1.54, 1.807) is 6.20 Å². The van der Waals surface area contributed by atoms with Crippen molar-refractivity contribution in [2.24, 2.45) is 0 Å². The van der Waals surface area contributed by atoms with Gasteiger partial charge in [0.1, 0.15) is 0 Å². The van der Waals surface area contributed by atoms with E-state index in [4.69, 9.17) is 5.11 Å². The van der Waals surface area contributed by atoms with Crippen molar-refractivity contribution in [3.8, 4) is 0 Å². The lowest BCUT2D eigenvalue weighted by Gasteiger charge is -2.00. The van der Waals surface area contributed by atoms with Gasteiger partial charge < -0.3 is 10.4 Å². The van der Waals surface area contributed by atoms with Crippen molar-refractivity contribution in [2.45, 2.75) is 13.5 Å². The Kier molecular flexibility index (Phi) is 2.63. The molecule has 4 heteroatoms. The Morgan fingerprint density at radius 1 is 1.67 bits per heavy atom. The number of pyridine rings is 1. The third-order valence-electron chi connectivity index (χ3n) is 1.42. The van der Waals surface area contributed by atoms with E-state index >= 15 is 0 Å². The average molecular weight is 166 g/mol. The van der Waals surface area contributed by atoms with Crippen LogP contribution in [0.3, 0.4) is 0 Å². The summed E-state index contributed by atoms with van der Waals surface area (Å²) in [6, 6.07) is 3.69. The number of hydrogen-bond acceptors (Lipinski definition) is 2. The van der Waals surface area contributed by atoms with Gasteiger partial charge in [0.2, 0.25) is 0 Å². The van der Waals surface area contributed by atoms with Crippen LogP contribution < -0.4 is 5.32 Å². The summed E-state index contributed by atoms with van der Waals surface area (Å²) < 4.78 is 0. The standard InChI is InChI=1S/C8H10N2O2/c1-6-2-3-7(4-9-6)5-10-8(11)12/h2-4,10H,5H2,1H3,(H,11,12). The van der Waals surface area contributed by atoms with E-state index in [-0.39, 0.29) is 0 Å². The molecule has 0 radical (unpaired) electrons. The Morgan fingerprint density at radius 3 is 2.92 bits per heavy atom. The van der Waals surface area contributed by atoms with E-state index in [1.165, 1.54) is 0 Å². The second-order valence-corrected chi connectivity index (χ2v) is 2.47. The lowest BCUT2D eigenvalue weighted by atomic mass is 10.2. The van der Waals surface area contributed by atoms with E-state index in [0.29, 0.717) is 6.54 Å². The number of amides is 1. The summed E-state index contributed by atoms with van der Waals surface area (Å²) in [5, 5.41) is 10.6. The van der Waals surface area contributed by atoms with Gasteiger partial charge in [-0.1, -0.05) is 6.07 Å². The zero-order valence-corrected chi connectivity index (χ0v) is 6.74. The highest BCUT2D eigenvalue weighted by molar-refractivity contribution is 5.64. The molecule has 0 aromatic carbocycles. The lowest BCUT2D eigenvalue weighted by molar-refractivity contribution is 0.194. The number of nitrogens with zero attached hydrogens (tertiary/aromatic N) is 1. The van der Waals surface area contributed by atoms with Gasteiger partial charge in [-0.3, -0.25) is 4.98 Å². The zero-order chi connectivity index (χ0) is 8.97. The van der Waals surface area contributed by atoms with Crippen molar-refractivity contribution in [1.29, 1.82) is 0 Å². The smallest absolute Gasteiger partial charge is 0.404 e. The minimum atomic E-state index is -1.02. The molecule has 0 bridgehead atoms. The fraction of sp³-hybridized carbons (Fsp3) is 0.250. The molecule has 0 aliphatic carbocycles. The maximum atomic E-state index is 10.1. The SMILES string of the molecule is Cc1ccc(CNC(=O)O)cn1. The van der Waals surface area contributed by atoms with Crippen LogP contribution in [-0.4, -0.2) is 16.2 Å². The normalized spacial score (nSPS) is 9.42. The molecule has 0 unspecified atom stereocenters. The van der Waals surface area contributed by atoms with Crippen LogP contribution in [0.15, 0.2) is 18.3 Å². The summed E-state index contributed by atoms with van der Waals surface area (Å²) in [5.41, 5.74) is 1.79. The molecule has 0 atom stereocenters. The second kappa shape index (κ2) is 3.71. The van der Waals surface area contributed by atoms with Gasteiger partial charge in [-0.2, -0.15) is 0 Å². The summed E-state index contributed by atoms with van der Waals surface area (Å²) in [7, 11) is 0. The van der Waals surface area contributed by atoms with E-state index in [2.05, 4.69) is 10.3 Å². The topological polar surface area (TPSA) is 62.2 Å². The van der Waals surface area contributed by atoms with Gasteiger partial charge >= 0.3 is 6.09 Å². The molecule has 1 heterocycles. The maximum Gasteiger partial charge on any atom is 0.404 e. The van der Waals surface area contributed by atoms with Gasteiger partial charge in [0.15, 0.2) is 0 Å². The first-order valence-electron chi connectivity index (χ1n) is 3.57. The van der Waals surface area contributed by atoms with Crippen molar-refractivity contribution in [1.82, 2.24) is 10.3 Å². The molecule has 0 saturated carbocycles. The predicted molar refractivity (Wildman–Crippen MR) is 43.8 cm³/mol. The quantitative estimate of drug-likeness (QED) is 0.692. The monoisotopic (exact) mass is 166 g/mol. The minimum Gasteiger partial charge on any atom is -0.465 e. The van der Waals surface area contributed by atoms with Crippen LogP contribution in [0.5, 0.6) is 0 Å². The number of hydrogen-bond donors (Lipinski definition) is 2. The lowest BCUT2D eigenvalue weighted by Crippen LogP contribution is -2.19. The van der Waals surface area contributed by atoms with Crippen molar-refractivity contribution in [3.05, 3.63) is 29.6 Å². The number of rotatable bonds is 2. The zero-order valence-electron chi connectivity index (χ0n) is 6.74. The second-order valence-electron chi connectivity index (χ2n) is 2.47. The molecule has 2 N–H and O–H groups in total. The third-order valence-corrected chi connectivity index (χ3v) is 1.42. The Morgan fingerprint density at radius 2 is 2.42 bits per heavy atom. The van der Waals surface area contributed by atoms with Crippen LogP contribution in [0, 0.1) is 6.92 Å². The third kappa shape index (κ3) is 2.57. The van der Waals surface area contributed by atoms with Gasteiger partial charge in [-0.05, 0) is 18.6 Å². The number of nitrogens with one attached hydrogen (secondary N) is 1. The molecule has 1 rings (SSSR count). The number of aromatic nitrogens is 1. The molecule has 1 amide bonds. The molecule has 1 aromatic heterocycles. The molecular formula is C8H10N2O2. The Balaban J connectivity index is 2.53. The largest absolute Gasteiger partial charge is 0.465 e. The first-order valence-corrected chi connectivity index (χ1v) is 3.57. The van der Waals surface area contributed by atoms with Crippen LogP contribution >= 0.6 is 0 Å². The highest BCUT2D eigenvalue weighted by atomic mass is 16.4. The van der Waals surface area contributed by atoms with E-state index in [9.17, 15) is 4.79 Å². The van der Waals surface area contributed by atoms with Crippen LogP contribution in [0.25, 0.3) is 0 Å². The summed E-state index contributed by atoms with van der Waals surface area (Å²) >= 11 is 0. The predicted octanol–water partition coefficient (Wildman–Crippen LogP) is 1.16. The van der Waals surface area contributed by atoms with Crippen molar-refractivity contribution in [2.75, 3.05) is 0 Å². The molecule has 0 aliphatic rings. The Hall–Kier alpha value is -1.58.